The maximum absolute atomic E-state index is 15.1. The maximum Gasteiger partial charge on any atom is 0.414 e. The summed E-state index contributed by atoms with van der Waals surface area (Å²) in [5.41, 5.74) is 11.4. The molecule has 0 spiro atoms. The average Bonchev–Trinajstić information content (AvgIpc) is 3.39. The summed E-state index contributed by atoms with van der Waals surface area (Å²) in [5.74, 6) is 4.68. The van der Waals surface area contributed by atoms with E-state index in [4.69, 9.17) is 10.6 Å². The molecule has 2 aliphatic rings. The first-order chi connectivity index (χ1) is 16.4. The van der Waals surface area contributed by atoms with Crippen molar-refractivity contribution in [1.29, 1.82) is 0 Å². The summed E-state index contributed by atoms with van der Waals surface area (Å²) in [7, 11) is 0. The molecule has 1 unspecified atom stereocenters. The first-order valence-corrected chi connectivity index (χ1v) is 11.2. The van der Waals surface area contributed by atoms with Gasteiger partial charge in [-0.1, -0.05) is 18.2 Å². The summed E-state index contributed by atoms with van der Waals surface area (Å²) in [6, 6.07) is 11.0. The second-order valence-electron chi connectivity index (χ2n) is 8.57. The Hall–Kier alpha value is -3.47. The molecule has 4 rings (SSSR count). The van der Waals surface area contributed by atoms with Crippen LogP contribution in [0.5, 0.6) is 0 Å². The number of anilines is 1. The fourth-order valence-electron chi connectivity index (χ4n) is 4.42. The van der Waals surface area contributed by atoms with Crippen LogP contribution in [-0.4, -0.2) is 37.7 Å². The van der Waals surface area contributed by atoms with Crippen molar-refractivity contribution in [3.8, 4) is 11.1 Å². The summed E-state index contributed by atoms with van der Waals surface area (Å²) in [6.45, 7) is 2.49. The van der Waals surface area contributed by atoms with E-state index in [-0.39, 0.29) is 25.0 Å². The van der Waals surface area contributed by atoms with Crippen LogP contribution in [0.3, 0.4) is 0 Å². The van der Waals surface area contributed by atoms with E-state index in [1.807, 2.05) is 18.2 Å². The smallest absolute Gasteiger partial charge is 0.414 e. The first kappa shape index (κ1) is 23.7. The molecule has 8 N–H and O–H groups in total. The van der Waals surface area contributed by atoms with Gasteiger partial charge in [-0.2, -0.15) is 0 Å². The molecule has 1 saturated heterocycles. The number of ether oxygens (including phenoxy) is 1. The fraction of sp³-hybridized carbons (Fsp3) is 0.333. The maximum atomic E-state index is 15.1. The molecule has 1 aliphatic heterocycles. The number of benzene rings is 2. The zero-order valence-electron chi connectivity index (χ0n) is 19.1. The minimum absolute atomic E-state index is 0.200. The summed E-state index contributed by atoms with van der Waals surface area (Å²) in [5, 5.41) is 6.11. The number of carbonyl (C=O) groups excluding carboxylic acids is 2. The number of nitrogens with zero attached hydrogens (tertiary/aromatic N) is 1. The van der Waals surface area contributed by atoms with E-state index in [1.54, 1.807) is 18.3 Å². The molecule has 2 aromatic carbocycles. The monoisotopic (exact) mass is 469 g/mol. The number of hydrogen-bond acceptors (Lipinski definition) is 6. The first-order valence-electron chi connectivity index (χ1n) is 11.2. The lowest BCUT2D eigenvalue weighted by atomic mass is 9.99. The van der Waals surface area contributed by atoms with E-state index in [9.17, 15) is 9.59 Å². The zero-order valence-corrected chi connectivity index (χ0v) is 19.1. The third-order valence-electron chi connectivity index (χ3n) is 6.11. The van der Waals surface area contributed by atoms with Gasteiger partial charge in [0.1, 0.15) is 17.6 Å². The molecule has 0 radical (unpaired) electrons. The molecule has 2 atom stereocenters. The van der Waals surface area contributed by atoms with Crippen LogP contribution < -0.4 is 32.5 Å². The Morgan fingerprint density at radius 2 is 2.15 bits per heavy atom. The van der Waals surface area contributed by atoms with Crippen LogP contribution in [0.25, 0.3) is 11.1 Å². The van der Waals surface area contributed by atoms with Crippen LogP contribution in [0.4, 0.5) is 14.9 Å². The number of halogens is 1. The number of hydrogen-bond donors (Lipinski definition) is 5. The van der Waals surface area contributed by atoms with Crippen LogP contribution in [0.15, 0.2) is 48.3 Å². The van der Waals surface area contributed by atoms with Gasteiger partial charge in [-0.15, -0.1) is 0 Å². The van der Waals surface area contributed by atoms with Crippen molar-refractivity contribution in [3.05, 3.63) is 65.2 Å². The number of aryl methyl sites for hydroxylation is 1. The molecular formula is C24H30FN6O3+. The highest BCUT2D eigenvalue weighted by Gasteiger charge is 2.33. The number of fused-ring (bicyclic) bond motifs is 1. The molecule has 1 fully saturated rings. The van der Waals surface area contributed by atoms with Crippen molar-refractivity contribution in [1.82, 2.24) is 16.1 Å². The second-order valence-corrected chi connectivity index (χ2v) is 8.57. The van der Waals surface area contributed by atoms with Crippen molar-refractivity contribution >= 4 is 17.7 Å². The van der Waals surface area contributed by atoms with Crippen molar-refractivity contribution in [2.75, 3.05) is 24.5 Å². The lowest BCUT2D eigenvalue weighted by Gasteiger charge is -2.16. The number of nitrogens with two attached hydrogens (primary N) is 1. The molecule has 1 aliphatic carbocycles. The standard InChI is InChI=1S/C24H29FN6O3/c1-14(32)28-12-19-13-31(24(33)34-19)18-4-6-20(22(25)9-18)15-2-5-21-16(8-15)3-7-23(21)29-10-17(26)11-30-27/h2,4-6,8-9,11,19,23,29-30H,3,7,10,12-13,26-27H2,1H3,(H,28,32)/p+1/b17-11-/t19-,23?/m0/s1. The molecule has 0 bridgehead atoms. The second kappa shape index (κ2) is 10.2. The minimum Gasteiger partial charge on any atom is -0.442 e. The summed E-state index contributed by atoms with van der Waals surface area (Å²) < 4.78 is 20.4. The number of quaternary nitrogens is 1. The average molecular weight is 470 g/mol. The number of rotatable bonds is 8. The van der Waals surface area contributed by atoms with Gasteiger partial charge >= 0.3 is 6.09 Å². The van der Waals surface area contributed by atoms with Crippen LogP contribution in [0.1, 0.15) is 30.5 Å². The molecule has 2 amide bonds. The molecule has 9 nitrogen and oxygen atoms in total. The lowest BCUT2D eigenvalue weighted by molar-refractivity contribution is -0.305. The predicted molar refractivity (Wildman–Crippen MR) is 125 cm³/mol. The van der Waals surface area contributed by atoms with Gasteiger partial charge in [-0.05, 0) is 47.7 Å². The highest BCUT2D eigenvalue weighted by Crippen LogP contribution is 2.36. The van der Waals surface area contributed by atoms with E-state index < -0.39 is 18.0 Å². The van der Waals surface area contributed by atoms with Gasteiger partial charge in [0, 0.05) is 18.5 Å². The highest BCUT2D eigenvalue weighted by atomic mass is 19.1. The summed E-state index contributed by atoms with van der Waals surface area (Å²) in [4.78, 5) is 24.7. The Labute approximate surface area is 197 Å². The zero-order chi connectivity index (χ0) is 24.2. The van der Waals surface area contributed by atoms with E-state index in [1.165, 1.54) is 29.0 Å². The molecule has 2 aromatic rings. The van der Waals surface area contributed by atoms with Crippen molar-refractivity contribution in [3.63, 3.8) is 0 Å². The Morgan fingerprint density at radius 1 is 1.32 bits per heavy atom. The van der Waals surface area contributed by atoms with E-state index in [0.717, 1.165) is 24.1 Å². The Bertz CT molecular complexity index is 1120. The quantitative estimate of drug-likeness (QED) is 0.290. The number of amides is 2. The van der Waals surface area contributed by atoms with E-state index in [0.29, 0.717) is 17.8 Å². The van der Waals surface area contributed by atoms with E-state index in [2.05, 4.69) is 21.8 Å². The van der Waals surface area contributed by atoms with Gasteiger partial charge in [-0.3, -0.25) is 15.5 Å². The summed E-state index contributed by atoms with van der Waals surface area (Å²) >= 11 is 0. The normalized spacial score (nSPS) is 19.7. The van der Waals surface area contributed by atoms with Gasteiger partial charge in [0.25, 0.3) is 0 Å². The SMILES string of the molecule is CC(=O)NC[C@H]1CN(c2ccc(-c3ccc4c(c3)CCC4NC/C([NH3+])=C/NN)c(F)c2)C(=O)O1. The van der Waals surface area contributed by atoms with Crippen LogP contribution in [0, 0.1) is 5.82 Å². The lowest BCUT2D eigenvalue weighted by Crippen LogP contribution is -2.52. The molecule has 1 heterocycles. The molecule has 34 heavy (non-hydrogen) atoms. The summed E-state index contributed by atoms with van der Waals surface area (Å²) in [6.07, 6.45) is 2.49. The Morgan fingerprint density at radius 3 is 2.88 bits per heavy atom. The molecule has 0 aromatic heterocycles. The van der Waals surface area contributed by atoms with Gasteiger partial charge in [0.05, 0.1) is 31.5 Å². The number of nitrogens with one attached hydrogen (secondary N) is 3. The van der Waals surface area contributed by atoms with Gasteiger partial charge in [0.15, 0.2) is 0 Å². The van der Waals surface area contributed by atoms with Crippen LogP contribution in [-0.2, 0) is 16.0 Å². The van der Waals surface area contributed by atoms with Gasteiger partial charge < -0.3 is 26.5 Å². The molecular weight excluding hydrogens is 439 g/mol. The van der Waals surface area contributed by atoms with Gasteiger partial charge in [-0.25, -0.2) is 9.18 Å². The third kappa shape index (κ3) is 5.19. The van der Waals surface area contributed by atoms with Crippen LogP contribution >= 0.6 is 0 Å². The van der Waals surface area contributed by atoms with Crippen molar-refractivity contribution < 1.29 is 24.5 Å². The van der Waals surface area contributed by atoms with Crippen molar-refractivity contribution in [2.45, 2.75) is 31.9 Å². The Balaban J connectivity index is 1.46. The largest absolute Gasteiger partial charge is 0.442 e. The Kier molecular flexibility index (Phi) is 7.11. The molecule has 0 saturated carbocycles. The minimum atomic E-state index is -0.555. The number of cyclic esters (lactones) is 1. The highest BCUT2D eigenvalue weighted by molar-refractivity contribution is 5.90. The molecule has 180 valence electrons. The third-order valence-corrected chi connectivity index (χ3v) is 6.11. The fourth-order valence-corrected chi connectivity index (χ4v) is 4.42. The topological polar surface area (TPSA) is 136 Å². The molecule has 10 heteroatoms. The van der Waals surface area contributed by atoms with Crippen molar-refractivity contribution in [2.24, 2.45) is 5.84 Å². The number of carbonyl (C=O) groups is 2. The van der Waals surface area contributed by atoms with E-state index >= 15 is 4.39 Å². The number of hydrazine groups is 1. The van der Waals surface area contributed by atoms with Gasteiger partial charge in [0.2, 0.25) is 5.91 Å². The predicted octanol–water partition coefficient (Wildman–Crippen LogP) is 1.08. The van der Waals surface area contributed by atoms with Crippen LogP contribution in [0.2, 0.25) is 0 Å².